The highest BCUT2D eigenvalue weighted by atomic mass is 79.9. The number of furan rings is 1. The van der Waals surface area contributed by atoms with Crippen molar-refractivity contribution in [3.63, 3.8) is 0 Å². The van der Waals surface area contributed by atoms with Gasteiger partial charge >= 0.3 is 0 Å². The van der Waals surface area contributed by atoms with Gasteiger partial charge in [-0.1, -0.05) is 28.1 Å². The molecule has 4 rings (SSSR count). The molecule has 0 spiro atoms. The van der Waals surface area contributed by atoms with Crippen molar-refractivity contribution in [3.8, 4) is 0 Å². The molecule has 2 aromatic carbocycles. The minimum Gasteiger partial charge on any atom is -0.456 e. The highest BCUT2D eigenvalue weighted by Crippen LogP contribution is 2.34. The largest absolute Gasteiger partial charge is 0.456 e. The molecule has 1 aromatic heterocycles. The van der Waals surface area contributed by atoms with E-state index in [1.807, 2.05) is 12.1 Å². The fraction of sp³-hybridized carbons (Fsp3) is 0.125. The molecule has 0 amide bonds. The van der Waals surface area contributed by atoms with Crippen molar-refractivity contribution < 1.29 is 4.42 Å². The Balaban J connectivity index is 2.14. The van der Waals surface area contributed by atoms with Gasteiger partial charge in [-0.15, -0.1) is 0 Å². The molecule has 2 heteroatoms. The number of aryl methyl sites for hydroxylation is 1. The molecule has 1 aliphatic carbocycles. The summed E-state index contributed by atoms with van der Waals surface area (Å²) in [6.45, 7) is 0. The third-order valence-electron chi connectivity index (χ3n) is 3.57. The van der Waals surface area contributed by atoms with E-state index in [-0.39, 0.29) is 0 Å². The van der Waals surface area contributed by atoms with Gasteiger partial charge in [0.1, 0.15) is 11.2 Å². The van der Waals surface area contributed by atoms with Crippen LogP contribution >= 0.6 is 15.9 Å². The summed E-state index contributed by atoms with van der Waals surface area (Å²) in [7, 11) is 0. The normalized spacial score (nSPS) is 14.3. The molecule has 0 atom stereocenters. The molecule has 0 unspecified atom stereocenters. The lowest BCUT2D eigenvalue weighted by Gasteiger charge is -2.09. The highest BCUT2D eigenvalue weighted by molar-refractivity contribution is 9.10. The first-order chi connectivity index (χ1) is 8.81. The second kappa shape index (κ2) is 3.72. The SMILES string of the molecule is Brc1ccc2oc3cc4c(cc3c2c1)CCC=C4. The fourth-order valence-corrected chi connectivity index (χ4v) is 3.04. The molecular formula is C16H11BrO. The molecule has 0 bridgehead atoms. The van der Waals surface area contributed by atoms with Crippen LogP contribution in [0, 0.1) is 0 Å². The van der Waals surface area contributed by atoms with E-state index in [0.717, 1.165) is 28.5 Å². The average molecular weight is 299 g/mol. The van der Waals surface area contributed by atoms with Gasteiger partial charge in [-0.05, 0) is 54.3 Å². The van der Waals surface area contributed by atoms with Crippen LogP contribution in [0.3, 0.4) is 0 Å². The molecule has 0 radical (unpaired) electrons. The van der Waals surface area contributed by atoms with Crippen molar-refractivity contribution >= 4 is 43.9 Å². The van der Waals surface area contributed by atoms with Gasteiger partial charge in [0, 0.05) is 15.2 Å². The molecule has 0 N–H and O–H groups in total. The number of allylic oxidation sites excluding steroid dienone is 1. The van der Waals surface area contributed by atoms with Gasteiger partial charge in [-0.25, -0.2) is 0 Å². The average Bonchev–Trinajstić information content (AvgIpc) is 2.73. The van der Waals surface area contributed by atoms with Crippen molar-refractivity contribution in [2.75, 3.05) is 0 Å². The summed E-state index contributed by atoms with van der Waals surface area (Å²) >= 11 is 3.52. The van der Waals surface area contributed by atoms with E-state index in [4.69, 9.17) is 4.42 Å². The van der Waals surface area contributed by atoms with Crippen LogP contribution in [0.5, 0.6) is 0 Å². The lowest BCUT2D eigenvalue weighted by atomic mass is 9.95. The van der Waals surface area contributed by atoms with E-state index in [9.17, 15) is 0 Å². The van der Waals surface area contributed by atoms with E-state index in [1.54, 1.807) is 0 Å². The number of fused-ring (bicyclic) bond motifs is 4. The molecule has 0 aliphatic heterocycles. The Kier molecular flexibility index (Phi) is 2.15. The number of hydrogen-bond donors (Lipinski definition) is 0. The second-order valence-corrected chi connectivity index (χ2v) is 5.65. The number of hydrogen-bond acceptors (Lipinski definition) is 1. The van der Waals surface area contributed by atoms with Crippen molar-refractivity contribution in [1.82, 2.24) is 0 Å². The van der Waals surface area contributed by atoms with Crippen LogP contribution in [0.2, 0.25) is 0 Å². The standard InChI is InChI=1S/C16H11BrO/c17-12-5-6-15-14(9-12)13-7-10-3-1-2-4-11(10)8-16(13)18-15/h2,4-9H,1,3H2. The Morgan fingerprint density at radius 1 is 1.00 bits per heavy atom. The molecule has 3 aromatic rings. The van der Waals surface area contributed by atoms with Crippen LogP contribution in [0.1, 0.15) is 17.5 Å². The Hall–Kier alpha value is -1.54. The van der Waals surface area contributed by atoms with Gasteiger partial charge in [0.2, 0.25) is 0 Å². The summed E-state index contributed by atoms with van der Waals surface area (Å²) in [6, 6.07) is 10.6. The van der Waals surface area contributed by atoms with E-state index in [2.05, 4.69) is 46.3 Å². The third-order valence-corrected chi connectivity index (χ3v) is 4.06. The molecule has 0 saturated heterocycles. The number of rotatable bonds is 0. The monoisotopic (exact) mass is 298 g/mol. The summed E-state index contributed by atoms with van der Waals surface area (Å²) in [4.78, 5) is 0. The van der Waals surface area contributed by atoms with Crippen LogP contribution in [0.25, 0.3) is 28.0 Å². The van der Waals surface area contributed by atoms with Gasteiger partial charge in [-0.3, -0.25) is 0 Å². The van der Waals surface area contributed by atoms with Crippen LogP contribution in [0.15, 0.2) is 45.3 Å². The van der Waals surface area contributed by atoms with Crippen molar-refractivity contribution in [2.45, 2.75) is 12.8 Å². The summed E-state index contributed by atoms with van der Waals surface area (Å²) in [5.74, 6) is 0. The summed E-state index contributed by atoms with van der Waals surface area (Å²) in [5.41, 5.74) is 4.66. The molecule has 1 heterocycles. The first kappa shape index (κ1) is 10.4. The van der Waals surface area contributed by atoms with Gasteiger partial charge < -0.3 is 4.42 Å². The first-order valence-electron chi connectivity index (χ1n) is 6.12. The predicted octanol–water partition coefficient (Wildman–Crippen LogP) is 5.31. The molecule has 0 saturated carbocycles. The zero-order chi connectivity index (χ0) is 12.1. The lowest BCUT2D eigenvalue weighted by Crippen LogP contribution is -1.92. The maximum atomic E-state index is 5.92. The van der Waals surface area contributed by atoms with Gasteiger partial charge in [-0.2, -0.15) is 0 Å². The smallest absolute Gasteiger partial charge is 0.136 e. The topological polar surface area (TPSA) is 13.1 Å². The summed E-state index contributed by atoms with van der Waals surface area (Å²) in [6.07, 6.45) is 6.69. The summed E-state index contributed by atoms with van der Waals surface area (Å²) in [5, 5.41) is 2.41. The first-order valence-corrected chi connectivity index (χ1v) is 6.92. The third kappa shape index (κ3) is 1.45. The van der Waals surface area contributed by atoms with Crippen LogP contribution in [0.4, 0.5) is 0 Å². The zero-order valence-electron chi connectivity index (χ0n) is 9.74. The lowest BCUT2D eigenvalue weighted by molar-refractivity contribution is 0.668. The van der Waals surface area contributed by atoms with Gasteiger partial charge in [0.25, 0.3) is 0 Å². The van der Waals surface area contributed by atoms with Gasteiger partial charge in [0.05, 0.1) is 0 Å². The Morgan fingerprint density at radius 3 is 2.83 bits per heavy atom. The van der Waals surface area contributed by atoms with Crippen LogP contribution < -0.4 is 0 Å². The molecular weight excluding hydrogens is 288 g/mol. The van der Waals surface area contributed by atoms with E-state index >= 15 is 0 Å². The van der Waals surface area contributed by atoms with E-state index < -0.39 is 0 Å². The fourth-order valence-electron chi connectivity index (χ4n) is 2.68. The van der Waals surface area contributed by atoms with Crippen LogP contribution in [-0.4, -0.2) is 0 Å². The predicted molar refractivity (Wildman–Crippen MR) is 78.8 cm³/mol. The molecule has 0 fully saturated rings. The second-order valence-electron chi connectivity index (χ2n) is 4.73. The minimum atomic E-state index is 0.958. The molecule has 18 heavy (non-hydrogen) atoms. The molecule has 1 nitrogen and oxygen atoms in total. The summed E-state index contributed by atoms with van der Waals surface area (Å²) < 4.78 is 7.01. The highest BCUT2D eigenvalue weighted by Gasteiger charge is 2.12. The zero-order valence-corrected chi connectivity index (χ0v) is 11.3. The minimum absolute atomic E-state index is 0.958. The maximum absolute atomic E-state index is 5.92. The van der Waals surface area contributed by atoms with E-state index in [0.29, 0.717) is 0 Å². The van der Waals surface area contributed by atoms with Crippen molar-refractivity contribution in [2.24, 2.45) is 0 Å². The van der Waals surface area contributed by atoms with Crippen molar-refractivity contribution in [1.29, 1.82) is 0 Å². The quantitative estimate of drug-likeness (QED) is 0.548. The molecule has 88 valence electrons. The van der Waals surface area contributed by atoms with Crippen LogP contribution in [-0.2, 0) is 6.42 Å². The van der Waals surface area contributed by atoms with Gasteiger partial charge in [0.15, 0.2) is 0 Å². The Bertz CT molecular complexity index is 796. The number of benzene rings is 2. The Labute approximate surface area is 113 Å². The Morgan fingerprint density at radius 2 is 1.89 bits per heavy atom. The van der Waals surface area contributed by atoms with Crippen molar-refractivity contribution in [3.05, 3.63) is 52.0 Å². The molecule has 1 aliphatic rings. The maximum Gasteiger partial charge on any atom is 0.136 e. The van der Waals surface area contributed by atoms with E-state index in [1.165, 1.54) is 21.9 Å². The number of halogens is 1.